The molecular weight excluding hydrogens is 198 g/mol. The van der Waals surface area contributed by atoms with Crippen LogP contribution in [0, 0.1) is 6.92 Å². The quantitative estimate of drug-likeness (QED) is 0.837. The van der Waals surface area contributed by atoms with Crippen LogP contribution in [-0.4, -0.2) is 9.78 Å². The molecule has 0 saturated carbocycles. The minimum Gasteiger partial charge on any atom is -0.384 e. The molecule has 0 aliphatic carbocycles. The summed E-state index contributed by atoms with van der Waals surface area (Å²) in [5.41, 5.74) is 9.14. The van der Waals surface area contributed by atoms with E-state index in [1.54, 1.807) is 4.68 Å². The Bertz CT molecular complexity index is 480. The van der Waals surface area contributed by atoms with Crippen LogP contribution >= 0.6 is 0 Å². The molecule has 0 atom stereocenters. The summed E-state index contributed by atoms with van der Waals surface area (Å²) in [6, 6.07) is 10.2. The van der Waals surface area contributed by atoms with Gasteiger partial charge >= 0.3 is 0 Å². The molecule has 1 aromatic carbocycles. The lowest BCUT2D eigenvalue weighted by molar-refractivity contribution is 0.851. The first kappa shape index (κ1) is 10.7. The maximum atomic E-state index is 5.87. The SMILES string of the molecule is Cc1cc(N)n(-c2ccc(C(C)C)cc2)n1. The molecule has 16 heavy (non-hydrogen) atoms. The largest absolute Gasteiger partial charge is 0.384 e. The highest BCUT2D eigenvalue weighted by atomic mass is 15.3. The second-order valence-electron chi connectivity index (χ2n) is 4.37. The maximum absolute atomic E-state index is 5.87. The Morgan fingerprint density at radius 3 is 2.25 bits per heavy atom. The van der Waals surface area contributed by atoms with Crippen molar-refractivity contribution in [3.63, 3.8) is 0 Å². The summed E-state index contributed by atoms with van der Waals surface area (Å²) in [6.45, 7) is 6.30. The van der Waals surface area contributed by atoms with Crippen LogP contribution in [0.4, 0.5) is 5.82 Å². The number of rotatable bonds is 2. The summed E-state index contributed by atoms with van der Waals surface area (Å²) in [4.78, 5) is 0. The first-order valence-corrected chi connectivity index (χ1v) is 5.50. The van der Waals surface area contributed by atoms with Gasteiger partial charge in [0, 0.05) is 6.07 Å². The van der Waals surface area contributed by atoms with Gasteiger partial charge in [0.25, 0.3) is 0 Å². The van der Waals surface area contributed by atoms with Gasteiger partial charge in [-0.2, -0.15) is 5.10 Å². The molecule has 0 unspecified atom stereocenters. The standard InChI is InChI=1S/C13H17N3/c1-9(2)11-4-6-12(7-5-11)16-13(14)8-10(3)15-16/h4-9H,14H2,1-3H3. The molecule has 3 nitrogen and oxygen atoms in total. The van der Waals surface area contributed by atoms with E-state index in [0.717, 1.165) is 11.4 Å². The Kier molecular flexibility index (Phi) is 2.69. The summed E-state index contributed by atoms with van der Waals surface area (Å²) in [6.07, 6.45) is 0. The third-order valence-corrected chi connectivity index (χ3v) is 2.66. The molecule has 0 bridgehead atoms. The van der Waals surface area contributed by atoms with Crippen LogP contribution in [0.5, 0.6) is 0 Å². The van der Waals surface area contributed by atoms with Gasteiger partial charge in [-0.15, -0.1) is 0 Å². The van der Waals surface area contributed by atoms with Crippen molar-refractivity contribution in [1.29, 1.82) is 0 Å². The van der Waals surface area contributed by atoms with Crippen molar-refractivity contribution in [3.05, 3.63) is 41.6 Å². The van der Waals surface area contributed by atoms with Crippen LogP contribution in [0.3, 0.4) is 0 Å². The van der Waals surface area contributed by atoms with Crippen molar-refractivity contribution in [3.8, 4) is 5.69 Å². The Balaban J connectivity index is 2.38. The summed E-state index contributed by atoms with van der Waals surface area (Å²) in [5, 5.41) is 4.35. The third-order valence-electron chi connectivity index (χ3n) is 2.66. The van der Waals surface area contributed by atoms with Gasteiger partial charge in [-0.25, -0.2) is 4.68 Å². The van der Waals surface area contributed by atoms with Gasteiger partial charge in [-0.1, -0.05) is 26.0 Å². The van der Waals surface area contributed by atoms with Crippen LogP contribution in [0.25, 0.3) is 5.69 Å². The van der Waals surface area contributed by atoms with Crippen LogP contribution in [0.1, 0.15) is 31.0 Å². The molecule has 1 heterocycles. The van der Waals surface area contributed by atoms with Crippen LogP contribution in [0.2, 0.25) is 0 Å². The molecule has 0 fully saturated rings. The van der Waals surface area contributed by atoms with Crippen LogP contribution in [0.15, 0.2) is 30.3 Å². The van der Waals surface area contributed by atoms with Gasteiger partial charge < -0.3 is 5.73 Å². The smallest absolute Gasteiger partial charge is 0.127 e. The van der Waals surface area contributed by atoms with Gasteiger partial charge in [-0.3, -0.25) is 0 Å². The fourth-order valence-electron chi connectivity index (χ4n) is 1.73. The lowest BCUT2D eigenvalue weighted by Gasteiger charge is -2.07. The summed E-state index contributed by atoms with van der Waals surface area (Å²) in [5.74, 6) is 1.22. The Morgan fingerprint density at radius 1 is 1.19 bits per heavy atom. The fourth-order valence-corrected chi connectivity index (χ4v) is 1.73. The molecule has 2 N–H and O–H groups in total. The van der Waals surface area contributed by atoms with Crippen molar-refractivity contribution in [2.24, 2.45) is 0 Å². The Labute approximate surface area is 95.9 Å². The number of nitrogens with two attached hydrogens (primary N) is 1. The predicted octanol–water partition coefficient (Wildman–Crippen LogP) is 2.89. The van der Waals surface area contributed by atoms with E-state index >= 15 is 0 Å². The van der Waals surface area contributed by atoms with E-state index in [1.165, 1.54) is 5.56 Å². The molecular formula is C13H17N3. The van der Waals surface area contributed by atoms with E-state index in [0.29, 0.717) is 11.7 Å². The number of anilines is 1. The first-order valence-electron chi connectivity index (χ1n) is 5.50. The van der Waals surface area contributed by atoms with Crippen molar-refractivity contribution >= 4 is 5.82 Å². The summed E-state index contributed by atoms with van der Waals surface area (Å²) in [7, 11) is 0. The van der Waals surface area contributed by atoms with Crippen molar-refractivity contribution in [2.75, 3.05) is 5.73 Å². The molecule has 0 aliphatic heterocycles. The van der Waals surface area contributed by atoms with Crippen molar-refractivity contribution < 1.29 is 0 Å². The van der Waals surface area contributed by atoms with E-state index in [4.69, 9.17) is 5.73 Å². The van der Waals surface area contributed by atoms with Crippen molar-refractivity contribution in [2.45, 2.75) is 26.7 Å². The zero-order chi connectivity index (χ0) is 11.7. The number of hydrogen-bond acceptors (Lipinski definition) is 2. The molecule has 2 rings (SSSR count). The monoisotopic (exact) mass is 215 g/mol. The minimum absolute atomic E-state index is 0.547. The average molecular weight is 215 g/mol. The number of aromatic nitrogens is 2. The highest BCUT2D eigenvalue weighted by Crippen LogP contribution is 2.18. The molecule has 2 aromatic rings. The Hall–Kier alpha value is -1.77. The van der Waals surface area contributed by atoms with Gasteiger partial charge in [0.2, 0.25) is 0 Å². The van der Waals surface area contributed by atoms with Gasteiger partial charge in [0.05, 0.1) is 11.4 Å². The Morgan fingerprint density at radius 2 is 1.81 bits per heavy atom. The normalized spacial score (nSPS) is 11.0. The molecule has 0 aliphatic rings. The predicted molar refractivity (Wildman–Crippen MR) is 66.8 cm³/mol. The number of nitrogens with zero attached hydrogens (tertiary/aromatic N) is 2. The molecule has 0 spiro atoms. The number of aryl methyl sites for hydroxylation is 1. The highest BCUT2D eigenvalue weighted by molar-refractivity contribution is 5.43. The lowest BCUT2D eigenvalue weighted by Crippen LogP contribution is -2.01. The summed E-state index contributed by atoms with van der Waals surface area (Å²) >= 11 is 0. The van der Waals surface area contributed by atoms with Gasteiger partial charge in [-0.05, 0) is 30.5 Å². The van der Waals surface area contributed by atoms with E-state index < -0.39 is 0 Å². The lowest BCUT2D eigenvalue weighted by atomic mass is 10.0. The van der Waals surface area contributed by atoms with E-state index in [-0.39, 0.29) is 0 Å². The number of nitrogen functional groups attached to an aromatic ring is 1. The zero-order valence-corrected chi connectivity index (χ0v) is 9.94. The first-order chi connectivity index (χ1) is 7.58. The number of benzene rings is 1. The van der Waals surface area contributed by atoms with E-state index in [2.05, 4.69) is 43.2 Å². The molecule has 3 heteroatoms. The van der Waals surface area contributed by atoms with E-state index in [1.807, 2.05) is 13.0 Å². The number of hydrogen-bond donors (Lipinski definition) is 1. The minimum atomic E-state index is 0.547. The summed E-state index contributed by atoms with van der Waals surface area (Å²) < 4.78 is 1.76. The molecule has 84 valence electrons. The topological polar surface area (TPSA) is 43.8 Å². The second kappa shape index (κ2) is 4.00. The third kappa shape index (κ3) is 1.94. The zero-order valence-electron chi connectivity index (χ0n) is 9.94. The van der Waals surface area contributed by atoms with Crippen LogP contribution < -0.4 is 5.73 Å². The van der Waals surface area contributed by atoms with Gasteiger partial charge in [0.15, 0.2) is 0 Å². The second-order valence-corrected chi connectivity index (χ2v) is 4.37. The highest BCUT2D eigenvalue weighted by Gasteiger charge is 2.05. The van der Waals surface area contributed by atoms with Crippen molar-refractivity contribution in [1.82, 2.24) is 9.78 Å². The molecule has 1 aromatic heterocycles. The van der Waals surface area contributed by atoms with Crippen LogP contribution in [-0.2, 0) is 0 Å². The molecule has 0 amide bonds. The van der Waals surface area contributed by atoms with Gasteiger partial charge in [0.1, 0.15) is 5.82 Å². The molecule has 0 saturated heterocycles. The van der Waals surface area contributed by atoms with E-state index in [9.17, 15) is 0 Å². The fraction of sp³-hybridized carbons (Fsp3) is 0.308. The average Bonchev–Trinajstić information content (AvgIpc) is 2.58. The molecule has 0 radical (unpaired) electrons. The maximum Gasteiger partial charge on any atom is 0.127 e.